The Morgan fingerprint density at radius 2 is 2.09 bits per heavy atom. The Labute approximate surface area is 67.9 Å². The van der Waals surface area contributed by atoms with Gasteiger partial charge in [-0.1, -0.05) is 13.3 Å². The molecule has 0 spiro atoms. The Kier molecular flexibility index (Phi) is 3.41. The molecule has 1 heterocycles. The molecule has 0 atom stereocenters. The summed E-state index contributed by atoms with van der Waals surface area (Å²) in [6, 6.07) is 0. The average Bonchev–Trinajstić information content (AvgIpc) is 2.07. The fourth-order valence-electron chi connectivity index (χ4n) is 1.21. The first-order valence-corrected chi connectivity index (χ1v) is 4.06. The summed E-state index contributed by atoms with van der Waals surface area (Å²) in [5.74, 6) is 2.97. The van der Waals surface area contributed by atoms with E-state index in [1.54, 1.807) is 0 Å². The topological polar surface area (TPSA) is 18.5 Å². The molecule has 0 aromatic carbocycles. The third-order valence-electron chi connectivity index (χ3n) is 1.80. The monoisotopic (exact) mass is 154 g/mol. The van der Waals surface area contributed by atoms with E-state index in [0.717, 1.165) is 19.6 Å². The molecule has 0 aromatic rings. The Bertz CT molecular complexity index is 140. The molecule has 11 heavy (non-hydrogen) atoms. The van der Waals surface area contributed by atoms with Crippen molar-refractivity contribution < 1.29 is 9.47 Å². The molecule has 1 saturated heterocycles. The van der Waals surface area contributed by atoms with Crippen LogP contribution in [0.4, 0.5) is 0 Å². The predicted molar refractivity (Wildman–Crippen MR) is 42.9 cm³/mol. The number of hydrogen-bond acceptors (Lipinski definition) is 2. The van der Waals surface area contributed by atoms with Gasteiger partial charge in [0, 0.05) is 5.92 Å². The molecule has 0 amide bonds. The van der Waals surface area contributed by atoms with Crippen molar-refractivity contribution in [2.75, 3.05) is 13.2 Å². The van der Waals surface area contributed by atoms with E-state index in [1.807, 2.05) is 0 Å². The third-order valence-corrected chi connectivity index (χ3v) is 1.80. The van der Waals surface area contributed by atoms with E-state index >= 15 is 0 Å². The Balaban J connectivity index is 2.20. The van der Waals surface area contributed by atoms with Crippen LogP contribution in [-0.4, -0.2) is 19.5 Å². The highest BCUT2D eigenvalue weighted by atomic mass is 16.7. The standard InChI is InChI=1S/C9H14O2/c1-3-5-8-6-10-9(4-2)11-7-8/h2,8-9H,3,5-7H2,1H3. The third kappa shape index (κ3) is 2.53. The lowest BCUT2D eigenvalue weighted by molar-refractivity contribution is -0.170. The lowest BCUT2D eigenvalue weighted by Gasteiger charge is -2.25. The van der Waals surface area contributed by atoms with Gasteiger partial charge in [0.05, 0.1) is 13.2 Å². The maximum absolute atomic E-state index is 5.23. The number of hydrogen-bond donors (Lipinski definition) is 0. The SMILES string of the molecule is C#CC1OCC(CCC)CO1. The van der Waals surface area contributed by atoms with Crippen LogP contribution in [0.2, 0.25) is 0 Å². The summed E-state index contributed by atoms with van der Waals surface area (Å²) in [5, 5.41) is 0. The highest BCUT2D eigenvalue weighted by Gasteiger charge is 2.19. The van der Waals surface area contributed by atoms with Crippen molar-refractivity contribution in [2.45, 2.75) is 26.1 Å². The molecular weight excluding hydrogens is 140 g/mol. The van der Waals surface area contributed by atoms with Crippen molar-refractivity contribution in [3.63, 3.8) is 0 Å². The van der Waals surface area contributed by atoms with Crippen molar-refractivity contribution in [1.29, 1.82) is 0 Å². The Morgan fingerprint density at radius 1 is 1.45 bits per heavy atom. The summed E-state index contributed by atoms with van der Waals surface area (Å²) in [6.07, 6.45) is 7.07. The molecule has 0 aromatic heterocycles. The van der Waals surface area contributed by atoms with Gasteiger partial charge < -0.3 is 9.47 Å². The fourth-order valence-corrected chi connectivity index (χ4v) is 1.21. The lowest BCUT2D eigenvalue weighted by atomic mass is 10.1. The molecular formula is C9H14O2. The fraction of sp³-hybridized carbons (Fsp3) is 0.778. The van der Waals surface area contributed by atoms with E-state index < -0.39 is 6.29 Å². The molecule has 1 aliphatic heterocycles. The van der Waals surface area contributed by atoms with Crippen molar-refractivity contribution in [3.8, 4) is 12.3 Å². The van der Waals surface area contributed by atoms with E-state index in [-0.39, 0.29) is 0 Å². The highest BCUT2D eigenvalue weighted by Crippen LogP contribution is 2.14. The maximum Gasteiger partial charge on any atom is 0.222 e. The number of terminal acetylenes is 1. The van der Waals surface area contributed by atoms with E-state index in [1.165, 1.54) is 6.42 Å². The molecule has 0 saturated carbocycles. The summed E-state index contributed by atoms with van der Waals surface area (Å²) in [6.45, 7) is 3.67. The predicted octanol–water partition coefficient (Wildman–Crippen LogP) is 1.41. The molecule has 1 aliphatic rings. The molecule has 0 radical (unpaired) electrons. The lowest BCUT2D eigenvalue weighted by Crippen LogP contribution is -2.30. The van der Waals surface area contributed by atoms with Gasteiger partial charge in [0.25, 0.3) is 0 Å². The second kappa shape index (κ2) is 4.38. The summed E-state index contributed by atoms with van der Waals surface area (Å²) >= 11 is 0. The van der Waals surface area contributed by atoms with Gasteiger partial charge in [-0.15, -0.1) is 6.42 Å². The zero-order valence-electron chi connectivity index (χ0n) is 6.88. The van der Waals surface area contributed by atoms with Crippen molar-refractivity contribution in [1.82, 2.24) is 0 Å². The van der Waals surface area contributed by atoms with E-state index in [0.29, 0.717) is 5.92 Å². The van der Waals surface area contributed by atoms with Gasteiger partial charge in [0.2, 0.25) is 6.29 Å². The molecule has 2 heteroatoms. The van der Waals surface area contributed by atoms with E-state index in [2.05, 4.69) is 12.8 Å². The van der Waals surface area contributed by atoms with E-state index in [9.17, 15) is 0 Å². The van der Waals surface area contributed by atoms with Crippen LogP contribution in [-0.2, 0) is 9.47 Å². The van der Waals surface area contributed by atoms with Crippen LogP contribution in [0.5, 0.6) is 0 Å². The van der Waals surface area contributed by atoms with Gasteiger partial charge >= 0.3 is 0 Å². The minimum atomic E-state index is -0.400. The van der Waals surface area contributed by atoms with Crippen LogP contribution in [0.15, 0.2) is 0 Å². The smallest absolute Gasteiger partial charge is 0.222 e. The van der Waals surface area contributed by atoms with E-state index in [4.69, 9.17) is 15.9 Å². The molecule has 1 rings (SSSR count). The van der Waals surface area contributed by atoms with Gasteiger partial charge in [0.15, 0.2) is 0 Å². The van der Waals surface area contributed by atoms with Gasteiger partial charge in [-0.25, -0.2) is 0 Å². The maximum atomic E-state index is 5.23. The normalized spacial score (nSPS) is 31.3. The molecule has 0 unspecified atom stereocenters. The molecule has 62 valence electrons. The number of rotatable bonds is 2. The summed E-state index contributed by atoms with van der Waals surface area (Å²) in [7, 11) is 0. The molecule has 0 N–H and O–H groups in total. The highest BCUT2D eigenvalue weighted by molar-refractivity contribution is 4.90. The van der Waals surface area contributed by atoms with Crippen LogP contribution in [0, 0.1) is 18.3 Å². The van der Waals surface area contributed by atoms with Crippen LogP contribution >= 0.6 is 0 Å². The minimum Gasteiger partial charge on any atom is -0.342 e. The second-order valence-corrected chi connectivity index (χ2v) is 2.82. The van der Waals surface area contributed by atoms with Crippen LogP contribution in [0.1, 0.15) is 19.8 Å². The zero-order chi connectivity index (χ0) is 8.10. The minimum absolute atomic E-state index is 0.400. The Hall–Kier alpha value is -0.520. The van der Waals surface area contributed by atoms with Crippen molar-refractivity contribution >= 4 is 0 Å². The molecule has 0 aliphatic carbocycles. The summed E-state index contributed by atoms with van der Waals surface area (Å²) < 4.78 is 10.5. The Morgan fingerprint density at radius 3 is 2.55 bits per heavy atom. The first kappa shape index (κ1) is 8.58. The zero-order valence-corrected chi connectivity index (χ0v) is 6.88. The number of ether oxygens (including phenoxy) is 2. The van der Waals surface area contributed by atoms with Gasteiger partial charge in [-0.3, -0.25) is 0 Å². The first-order chi connectivity index (χ1) is 5.36. The van der Waals surface area contributed by atoms with Crippen LogP contribution < -0.4 is 0 Å². The molecule has 1 fully saturated rings. The molecule has 0 bridgehead atoms. The summed E-state index contributed by atoms with van der Waals surface area (Å²) in [5.41, 5.74) is 0. The second-order valence-electron chi connectivity index (χ2n) is 2.82. The van der Waals surface area contributed by atoms with Crippen molar-refractivity contribution in [2.24, 2.45) is 5.92 Å². The molecule has 2 nitrogen and oxygen atoms in total. The average molecular weight is 154 g/mol. The largest absolute Gasteiger partial charge is 0.342 e. The quantitative estimate of drug-likeness (QED) is 0.560. The first-order valence-electron chi connectivity index (χ1n) is 4.06. The van der Waals surface area contributed by atoms with Crippen LogP contribution in [0.25, 0.3) is 0 Å². The van der Waals surface area contributed by atoms with Crippen LogP contribution in [0.3, 0.4) is 0 Å². The van der Waals surface area contributed by atoms with Gasteiger partial charge in [0.1, 0.15) is 0 Å². The van der Waals surface area contributed by atoms with Gasteiger partial charge in [-0.2, -0.15) is 0 Å². The van der Waals surface area contributed by atoms with Gasteiger partial charge in [-0.05, 0) is 12.3 Å². The van der Waals surface area contributed by atoms with Crippen molar-refractivity contribution in [3.05, 3.63) is 0 Å². The summed E-state index contributed by atoms with van der Waals surface area (Å²) in [4.78, 5) is 0.